The van der Waals surface area contributed by atoms with Gasteiger partial charge in [0.15, 0.2) is 0 Å². The Morgan fingerprint density at radius 2 is 1.89 bits per heavy atom. The first kappa shape index (κ1) is 17.0. The van der Waals surface area contributed by atoms with Crippen LogP contribution in [-0.4, -0.2) is 10.8 Å². The Labute approximate surface area is 160 Å². The van der Waals surface area contributed by atoms with E-state index in [2.05, 4.69) is 89.0 Å². The molecular formula is C25H22N2. The molecule has 4 rings (SSSR count). The van der Waals surface area contributed by atoms with Crippen LogP contribution in [0.5, 0.6) is 0 Å². The van der Waals surface area contributed by atoms with Crippen molar-refractivity contribution in [1.82, 2.24) is 4.57 Å². The minimum atomic E-state index is 0.951. The van der Waals surface area contributed by atoms with Gasteiger partial charge in [0.25, 0.3) is 0 Å². The van der Waals surface area contributed by atoms with Crippen molar-refractivity contribution >= 4 is 28.8 Å². The molecule has 1 aliphatic carbocycles. The number of allylic oxidation sites excluding steroid dienone is 5. The summed E-state index contributed by atoms with van der Waals surface area (Å²) in [6.45, 7) is 5.82. The molecule has 0 spiro atoms. The summed E-state index contributed by atoms with van der Waals surface area (Å²) in [5, 5.41) is 1.32. The van der Waals surface area contributed by atoms with Crippen molar-refractivity contribution in [1.29, 1.82) is 0 Å². The van der Waals surface area contributed by atoms with Crippen LogP contribution in [0.3, 0.4) is 0 Å². The van der Waals surface area contributed by atoms with Crippen LogP contribution < -0.4 is 0 Å². The van der Waals surface area contributed by atoms with Crippen LogP contribution in [0, 0.1) is 0 Å². The van der Waals surface area contributed by atoms with E-state index in [-0.39, 0.29) is 0 Å². The zero-order chi connectivity index (χ0) is 18.6. The van der Waals surface area contributed by atoms with E-state index in [4.69, 9.17) is 0 Å². The molecule has 2 nitrogen and oxygen atoms in total. The number of aromatic nitrogens is 1. The van der Waals surface area contributed by atoms with Crippen LogP contribution in [0.4, 0.5) is 0 Å². The van der Waals surface area contributed by atoms with Gasteiger partial charge in [-0.05, 0) is 54.3 Å². The van der Waals surface area contributed by atoms with Crippen LogP contribution in [0.15, 0.2) is 90.6 Å². The van der Waals surface area contributed by atoms with Crippen molar-refractivity contribution in [3.8, 4) is 5.69 Å². The van der Waals surface area contributed by atoms with Gasteiger partial charge in [0.05, 0.1) is 11.2 Å². The SMILES string of the molecule is C=C/C(=C\N=CC)c1ccc(-n2c3c(c4ccccc42)CC=CC=C3)cc1. The molecule has 0 amide bonds. The summed E-state index contributed by atoms with van der Waals surface area (Å²) in [4.78, 5) is 4.22. The molecule has 132 valence electrons. The largest absolute Gasteiger partial charge is 0.310 e. The van der Waals surface area contributed by atoms with E-state index in [0.29, 0.717) is 0 Å². The second-order valence-electron chi connectivity index (χ2n) is 6.45. The average Bonchev–Trinajstić information content (AvgIpc) is 2.85. The van der Waals surface area contributed by atoms with Crippen LogP contribution in [0.2, 0.25) is 0 Å². The van der Waals surface area contributed by atoms with Gasteiger partial charge in [0, 0.05) is 23.5 Å². The molecule has 2 aromatic carbocycles. The molecule has 2 heteroatoms. The van der Waals surface area contributed by atoms with Gasteiger partial charge in [-0.15, -0.1) is 0 Å². The molecule has 1 aromatic heterocycles. The van der Waals surface area contributed by atoms with Crippen molar-refractivity contribution in [2.45, 2.75) is 13.3 Å². The molecule has 0 saturated heterocycles. The third kappa shape index (κ3) is 3.11. The van der Waals surface area contributed by atoms with E-state index in [1.807, 2.05) is 19.2 Å². The van der Waals surface area contributed by atoms with E-state index in [9.17, 15) is 0 Å². The van der Waals surface area contributed by atoms with Crippen LogP contribution in [0.1, 0.15) is 23.7 Å². The van der Waals surface area contributed by atoms with Gasteiger partial charge in [-0.3, -0.25) is 4.99 Å². The first-order chi connectivity index (χ1) is 13.3. The van der Waals surface area contributed by atoms with E-state index < -0.39 is 0 Å². The maximum absolute atomic E-state index is 4.22. The predicted molar refractivity (Wildman–Crippen MR) is 117 cm³/mol. The Hall–Kier alpha value is -3.39. The summed E-state index contributed by atoms with van der Waals surface area (Å²) in [5.41, 5.74) is 7.15. The van der Waals surface area contributed by atoms with Crippen LogP contribution in [0.25, 0.3) is 28.2 Å². The van der Waals surface area contributed by atoms with Crippen LogP contribution in [-0.2, 0) is 6.42 Å². The molecule has 27 heavy (non-hydrogen) atoms. The summed E-state index contributed by atoms with van der Waals surface area (Å²) in [6.07, 6.45) is 15.1. The van der Waals surface area contributed by atoms with Gasteiger partial charge in [-0.25, -0.2) is 0 Å². The molecule has 0 fully saturated rings. The van der Waals surface area contributed by atoms with E-state index in [1.165, 1.54) is 22.2 Å². The van der Waals surface area contributed by atoms with Crippen molar-refractivity contribution in [3.63, 3.8) is 0 Å². The topological polar surface area (TPSA) is 17.3 Å². The number of rotatable bonds is 4. The molecule has 1 heterocycles. The Kier molecular flexibility index (Phi) is 4.71. The molecule has 0 saturated carbocycles. The second kappa shape index (κ2) is 7.46. The minimum Gasteiger partial charge on any atom is -0.310 e. The molecular weight excluding hydrogens is 328 g/mol. The summed E-state index contributed by atoms with van der Waals surface area (Å²) in [5.74, 6) is 0. The lowest BCUT2D eigenvalue weighted by Gasteiger charge is -2.11. The lowest BCUT2D eigenvalue weighted by atomic mass is 10.1. The van der Waals surface area contributed by atoms with Gasteiger partial charge in [-0.2, -0.15) is 0 Å². The first-order valence-electron chi connectivity index (χ1n) is 9.20. The lowest BCUT2D eigenvalue weighted by Crippen LogP contribution is -1.97. The maximum atomic E-state index is 4.22. The highest BCUT2D eigenvalue weighted by Gasteiger charge is 2.16. The highest BCUT2D eigenvalue weighted by molar-refractivity contribution is 5.90. The summed E-state index contributed by atoms with van der Waals surface area (Å²) in [7, 11) is 0. The number of fused-ring (bicyclic) bond motifs is 3. The third-order valence-electron chi connectivity index (χ3n) is 4.88. The smallest absolute Gasteiger partial charge is 0.0537 e. The molecule has 0 atom stereocenters. The number of hydrogen-bond acceptors (Lipinski definition) is 1. The Bertz CT molecular complexity index is 1100. The Morgan fingerprint density at radius 1 is 1.07 bits per heavy atom. The quantitative estimate of drug-likeness (QED) is 0.384. The Morgan fingerprint density at radius 3 is 2.67 bits per heavy atom. The fourth-order valence-electron chi connectivity index (χ4n) is 3.61. The first-order valence-corrected chi connectivity index (χ1v) is 9.20. The number of nitrogens with zero attached hydrogens (tertiary/aromatic N) is 2. The number of aliphatic imine (C=N–C) groups is 1. The minimum absolute atomic E-state index is 0.951. The summed E-state index contributed by atoms with van der Waals surface area (Å²) in [6, 6.07) is 17.2. The number of hydrogen-bond donors (Lipinski definition) is 0. The molecule has 3 aromatic rings. The molecule has 0 N–H and O–H groups in total. The zero-order valence-corrected chi connectivity index (χ0v) is 15.5. The monoisotopic (exact) mass is 350 g/mol. The highest BCUT2D eigenvalue weighted by atomic mass is 15.0. The molecule has 0 unspecified atom stereocenters. The van der Waals surface area contributed by atoms with E-state index >= 15 is 0 Å². The van der Waals surface area contributed by atoms with E-state index in [0.717, 1.165) is 23.2 Å². The van der Waals surface area contributed by atoms with Crippen molar-refractivity contribution < 1.29 is 0 Å². The fraction of sp³-hybridized carbons (Fsp3) is 0.0800. The van der Waals surface area contributed by atoms with Gasteiger partial charge >= 0.3 is 0 Å². The normalized spacial score (nSPS) is 13.9. The molecule has 1 aliphatic rings. The second-order valence-corrected chi connectivity index (χ2v) is 6.45. The van der Waals surface area contributed by atoms with Gasteiger partial charge < -0.3 is 4.57 Å². The van der Waals surface area contributed by atoms with Crippen LogP contribution >= 0.6 is 0 Å². The summed E-state index contributed by atoms with van der Waals surface area (Å²) < 4.78 is 2.35. The standard InChI is InChI=1S/C25H22N2/c1-3-19(18-26-4-2)20-14-16-21(17-15-20)27-24-12-7-5-6-10-22(24)23-11-8-9-13-25(23)27/h3-9,11-18H,1,10H2,2H3/b19-18+,26-4?. The fourth-order valence-corrected chi connectivity index (χ4v) is 3.61. The van der Waals surface area contributed by atoms with Crippen molar-refractivity contribution in [3.05, 3.63) is 102 Å². The van der Waals surface area contributed by atoms with Gasteiger partial charge in [0.2, 0.25) is 0 Å². The molecule has 0 bridgehead atoms. The van der Waals surface area contributed by atoms with Gasteiger partial charge in [0.1, 0.15) is 0 Å². The van der Waals surface area contributed by atoms with Gasteiger partial charge in [-0.1, -0.05) is 61.2 Å². The average molecular weight is 350 g/mol. The molecule has 0 aliphatic heterocycles. The molecule has 0 radical (unpaired) electrons. The van der Waals surface area contributed by atoms with E-state index in [1.54, 1.807) is 6.21 Å². The Balaban J connectivity index is 1.86. The number of para-hydroxylation sites is 1. The summed E-state index contributed by atoms with van der Waals surface area (Å²) >= 11 is 0. The lowest BCUT2D eigenvalue weighted by molar-refractivity contribution is 1.09. The third-order valence-corrected chi connectivity index (χ3v) is 4.88. The maximum Gasteiger partial charge on any atom is 0.0537 e. The van der Waals surface area contributed by atoms with Crippen molar-refractivity contribution in [2.24, 2.45) is 4.99 Å². The van der Waals surface area contributed by atoms with Crippen molar-refractivity contribution in [2.75, 3.05) is 0 Å². The number of benzene rings is 2. The zero-order valence-electron chi connectivity index (χ0n) is 15.5. The highest BCUT2D eigenvalue weighted by Crippen LogP contribution is 2.32. The predicted octanol–water partition coefficient (Wildman–Crippen LogP) is 6.37.